The van der Waals surface area contributed by atoms with Gasteiger partial charge in [0.05, 0.1) is 7.11 Å². The lowest BCUT2D eigenvalue weighted by Gasteiger charge is -2.08. The third kappa shape index (κ3) is 2.93. The molecule has 2 aromatic rings. The summed E-state index contributed by atoms with van der Waals surface area (Å²) >= 11 is 0. The minimum atomic E-state index is 0.562. The zero-order valence-electron chi connectivity index (χ0n) is 9.97. The van der Waals surface area contributed by atoms with Crippen LogP contribution >= 0.6 is 0 Å². The van der Waals surface area contributed by atoms with E-state index in [1.165, 1.54) is 17.5 Å². The van der Waals surface area contributed by atoms with Gasteiger partial charge in [0.1, 0.15) is 12.1 Å². The average molecular weight is 229 g/mol. The first-order valence-electron chi connectivity index (χ1n) is 5.44. The molecule has 0 bridgehead atoms. The van der Waals surface area contributed by atoms with Gasteiger partial charge in [-0.1, -0.05) is 24.3 Å². The van der Waals surface area contributed by atoms with E-state index >= 15 is 0 Å². The number of nitrogens with zero attached hydrogens (tertiary/aromatic N) is 2. The predicted molar refractivity (Wildman–Crippen MR) is 67.1 cm³/mol. The molecule has 0 fully saturated rings. The highest BCUT2D eigenvalue weighted by Crippen LogP contribution is 2.13. The normalized spacial score (nSPS) is 10.0. The Labute approximate surface area is 101 Å². The third-order valence-corrected chi connectivity index (χ3v) is 2.57. The van der Waals surface area contributed by atoms with Crippen LogP contribution in [0.5, 0.6) is 5.88 Å². The first-order valence-corrected chi connectivity index (χ1v) is 5.44. The lowest BCUT2D eigenvalue weighted by molar-refractivity contribution is 0.397. The van der Waals surface area contributed by atoms with Crippen LogP contribution in [-0.4, -0.2) is 17.1 Å². The van der Waals surface area contributed by atoms with Crippen LogP contribution in [0.1, 0.15) is 11.1 Å². The van der Waals surface area contributed by atoms with E-state index < -0.39 is 0 Å². The maximum Gasteiger partial charge on any atom is 0.218 e. The zero-order chi connectivity index (χ0) is 12.1. The first kappa shape index (κ1) is 11.4. The number of rotatable bonds is 4. The topological polar surface area (TPSA) is 47.0 Å². The van der Waals surface area contributed by atoms with Crippen molar-refractivity contribution in [1.82, 2.24) is 9.97 Å². The van der Waals surface area contributed by atoms with Crippen molar-refractivity contribution in [3.05, 3.63) is 47.8 Å². The van der Waals surface area contributed by atoms with E-state index in [1.54, 1.807) is 13.2 Å². The minimum Gasteiger partial charge on any atom is -0.481 e. The molecule has 1 aromatic carbocycles. The van der Waals surface area contributed by atoms with Gasteiger partial charge in [0.25, 0.3) is 0 Å². The molecule has 88 valence electrons. The Balaban J connectivity index is 2.05. The Morgan fingerprint density at radius 3 is 2.82 bits per heavy atom. The number of nitrogens with one attached hydrogen (secondary N) is 1. The fraction of sp³-hybridized carbons (Fsp3) is 0.231. The zero-order valence-corrected chi connectivity index (χ0v) is 9.97. The summed E-state index contributed by atoms with van der Waals surface area (Å²) in [5.41, 5.74) is 2.52. The van der Waals surface area contributed by atoms with E-state index in [4.69, 9.17) is 4.74 Å². The smallest absolute Gasteiger partial charge is 0.218 e. The number of anilines is 1. The molecule has 0 aliphatic rings. The van der Waals surface area contributed by atoms with Gasteiger partial charge in [-0.05, 0) is 18.1 Å². The highest BCUT2D eigenvalue weighted by Gasteiger charge is 2.00. The number of methoxy groups -OCH3 is 1. The Hall–Kier alpha value is -2.10. The largest absolute Gasteiger partial charge is 0.481 e. The van der Waals surface area contributed by atoms with Crippen LogP contribution < -0.4 is 10.1 Å². The number of hydrogen-bond acceptors (Lipinski definition) is 4. The van der Waals surface area contributed by atoms with Gasteiger partial charge in [-0.2, -0.15) is 0 Å². The summed E-state index contributed by atoms with van der Waals surface area (Å²) in [7, 11) is 1.59. The molecule has 2 rings (SSSR count). The molecule has 17 heavy (non-hydrogen) atoms. The van der Waals surface area contributed by atoms with Gasteiger partial charge < -0.3 is 10.1 Å². The van der Waals surface area contributed by atoms with Crippen molar-refractivity contribution in [3.8, 4) is 5.88 Å². The van der Waals surface area contributed by atoms with E-state index in [2.05, 4.69) is 34.3 Å². The Morgan fingerprint density at radius 2 is 2.06 bits per heavy atom. The number of benzene rings is 1. The van der Waals surface area contributed by atoms with Gasteiger partial charge in [0.15, 0.2) is 0 Å². The van der Waals surface area contributed by atoms with Gasteiger partial charge in [-0.25, -0.2) is 9.97 Å². The number of hydrogen-bond donors (Lipinski definition) is 1. The molecular formula is C13H15N3O. The number of aryl methyl sites for hydroxylation is 1. The molecule has 0 amide bonds. The summed E-state index contributed by atoms with van der Waals surface area (Å²) in [6, 6.07) is 10.0. The molecule has 0 saturated carbocycles. The fourth-order valence-electron chi connectivity index (χ4n) is 1.54. The van der Waals surface area contributed by atoms with Crippen molar-refractivity contribution in [2.24, 2.45) is 0 Å². The van der Waals surface area contributed by atoms with Gasteiger partial charge >= 0.3 is 0 Å². The lowest BCUT2D eigenvalue weighted by Crippen LogP contribution is -2.03. The molecule has 4 nitrogen and oxygen atoms in total. The van der Waals surface area contributed by atoms with Crippen LogP contribution in [0, 0.1) is 6.92 Å². The maximum atomic E-state index is 5.04. The van der Waals surface area contributed by atoms with Gasteiger partial charge in [-0.3, -0.25) is 0 Å². The average Bonchev–Trinajstić information content (AvgIpc) is 2.38. The van der Waals surface area contributed by atoms with E-state index in [0.29, 0.717) is 5.88 Å². The van der Waals surface area contributed by atoms with E-state index in [9.17, 15) is 0 Å². The lowest BCUT2D eigenvalue weighted by atomic mass is 10.1. The van der Waals surface area contributed by atoms with Crippen molar-refractivity contribution in [2.75, 3.05) is 12.4 Å². The second kappa shape index (κ2) is 5.30. The van der Waals surface area contributed by atoms with Crippen LogP contribution in [0.15, 0.2) is 36.7 Å². The van der Waals surface area contributed by atoms with Gasteiger partial charge in [-0.15, -0.1) is 0 Å². The molecule has 4 heteroatoms. The van der Waals surface area contributed by atoms with E-state index in [1.807, 2.05) is 12.1 Å². The quantitative estimate of drug-likeness (QED) is 0.874. The molecule has 0 unspecified atom stereocenters. The summed E-state index contributed by atoms with van der Waals surface area (Å²) in [6.45, 7) is 2.84. The van der Waals surface area contributed by atoms with Crippen LogP contribution in [0.2, 0.25) is 0 Å². The highest BCUT2D eigenvalue weighted by atomic mass is 16.5. The Kier molecular flexibility index (Phi) is 3.55. The van der Waals surface area contributed by atoms with Crippen LogP contribution in [0.4, 0.5) is 5.82 Å². The fourth-order valence-corrected chi connectivity index (χ4v) is 1.54. The molecule has 1 aromatic heterocycles. The van der Waals surface area contributed by atoms with Crippen molar-refractivity contribution in [3.63, 3.8) is 0 Å². The summed E-state index contributed by atoms with van der Waals surface area (Å²) in [6.07, 6.45) is 1.49. The number of ether oxygens (including phenoxy) is 1. The van der Waals surface area contributed by atoms with Gasteiger partial charge in [0, 0.05) is 12.6 Å². The van der Waals surface area contributed by atoms with E-state index in [0.717, 1.165) is 12.4 Å². The molecule has 0 aliphatic carbocycles. The molecule has 1 heterocycles. The molecule has 0 aliphatic heterocycles. The minimum absolute atomic E-state index is 0.562. The second-order valence-corrected chi connectivity index (χ2v) is 3.73. The van der Waals surface area contributed by atoms with Gasteiger partial charge in [0.2, 0.25) is 5.88 Å². The first-order chi connectivity index (χ1) is 8.29. The second-order valence-electron chi connectivity index (χ2n) is 3.73. The van der Waals surface area contributed by atoms with Crippen LogP contribution in [0.3, 0.4) is 0 Å². The molecule has 0 saturated heterocycles. The number of aromatic nitrogens is 2. The monoisotopic (exact) mass is 229 g/mol. The maximum absolute atomic E-state index is 5.04. The molecule has 0 atom stereocenters. The van der Waals surface area contributed by atoms with Crippen molar-refractivity contribution < 1.29 is 4.74 Å². The summed E-state index contributed by atoms with van der Waals surface area (Å²) in [4.78, 5) is 8.09. The molecule has 0 spiro atoms. The van der Waals surface area contributed by atoms with E-state index in [-0.39, 0.29) is 0 Å². The highest BCUT2D eigenvalue weighted by molar-refractivity contribution is 5.39. The Bertz CT molecular complexity index is 500. The summed E-state index contributed by atoms with van der Waals surface area (Å²) in [5.74, 6) is 1.33. The van der Waals surface area contributed by atoms with Crippen molar-refractivity contribution in [2.45, 2.75) is 13.5 Å². The molecular weight excluding hydrogens is 214 g/mol. The summed E-state index contributed by atoms with van der Waals surface area (Å²) in [5, 5.41) is 3.25. The van der Waals surface area contributed by atoms with Crippen LogP contribution in [-0.2, 0) is 6.54 Å². The Morgan fingerprint density at radius 1 is 1.24 bits per heavy atom. The van der Waals surface area contributed by atoms with Crippen molar-refractivity contribution in [1.29, 1.82) is 0 Å². The standard InChI is InChI=1S/C13H15N3O/c1-10-5-3-4-6-11(10)8-14-12-7-13(17-2)16-9-15-12/h3-7,9H,8H2,1-2H3,(H,14,15,16). The SMILES string of the molecule is COc1cc(NCc2ccccc2C)ncn1. The predicted octanol–water partition coefficient (Wildman–Crippen LogP) is 2.41. The molecule has 0 radical (unpaired) electrons. The summed E-state index contributed by atoms with van der Waals surface area (Å²) < 4.78 is 5.04. The molecule has 1 N–H and O–H groups in total. The third-order valence-electron chi connectivity index (χ3n) is 2.57. The van der Waals surface area contributed by atoms with Crippen molar-refractivity contribution >= 4 is 5.82 Å². The van der Waals surface area contributed by atoms with Crippen LogP contribution in [0.25, 0.3) is 0 Å².